The Morgan fingerprint density at radius 2 is 1.77 bits per heavy atom. The smallest absolute Gasteiger partial charge is 0.343 e. The van der Waals surface area contributed by atoms with Gasteiger partial charge in [-0.05, 0) is 50.3 Å². The van der Waals surface area contributed by atoms with Crippen LogP contribution in [0.4, 0.5) is 24.0 Å². The first-order valence-electron chi connectivity index (χ1n) is 13.5. The third-order valence-electron chi connectivity index (χ3n) is 7.22. The summed E-state index contributed by atoms with van der Waals surface area (Å²) in [4.78, 5) is 30.5. The number of carbonyl (C=O) groups excluding carboxylic acids is 1. The number of amides is 1. The summed E-state index contributed by atoms with van der Waals surface area (Å²) in [5.74, 6) is 0.393. The molecule has 8 nitrogen and oxygen atoms in total. The highest BCUT2D eigenvalue weighted by Crippen LogP contribution is 2.31. The molecular formula is C28H34F3N7OS. The van der Waals surface area contributed by atoms with Gasteiger partial charge in [-0.2, -0.15) is 13.2 Å². The van der Waals surface area contributed by atoms with Crippen molar-refractivity contribution in [2.75, 3.05) is 5.32 Å². The van der Waals surface area contributed by atoms with Gasteiger partial charge in [-0.25, -0.2) is 19.9 Å². The number of imidazole rings is 1. The third-order valence-corrected chi connectivity index (χ3v) is 8.32. The minimum Gasteiger partial charge on any atom is -0.343 e. The molecule has 0 spiro atoms. The topological polar surface area (TPSA) is 97.6 Å². The minimum absolute atomic E-state index is 0.297. The van der Waals surface area contributed by atoms with Crippen LogP contribution < -0.4 is 10.6 Å². The maximum Gasteiger partial charge on any atom is 0.433 e. The number of hydrogen-bond acceptors (Lipinski definition) is 7. The van der Waals surface area contributed by atoms with E-state index in [2.05, 4.69) is 55.9 Å². The summed E-state index contributed by atoms with van der Waals surface area (Å²) in [5, 5.41) is 6.38. The summed E-state index contributed by atoms with van der Waals surface area (Å²) in [6.07, 6.45) is 7.23. The van der Waals surface area contributed by atoms with Gasteiger partial charge in [0.05, 0.1) is 36.0 Å². The van der Waals surface area contributed by atoms with E-state index in [0.29, 0.717) is 28.5 Å². The van der Waals surface area contributed by atoms with Crippen LogP contribution in [0.2, 0.25) is 0 Å². The van der Waals surface area contributed by atoms with Gasteiger partial charge in [0.25, 0.3) is 5.91 Å². The third kappa shape index (κ3) is 6.96. The fourth-order valence-electron chi connectivity index (χ4n) is 4.66. The largest absolute Gasteiger partial charge is 0.433 e. The second kappa shape index (κ2) is 12.8. The number of thiazole rings is 1. The molecule has 0 saturated carbocycles. The molecule has 4 rings (SSSR count). The number of nitrogens with zero attached hydrogens (tertiary/aromatic N) is 5. The van der Waals surface area contributed by atoms with E-state index in [9.17, 15) is 18.0 Å². The Kier molecular flexibility index (Phi) is 9.39. The number of halogens is 3. The molecule has 12 heteroatoms. The Bertz CT molecular complexity index is 1410. The number of fused-ring (bicyclic) bond motifs is 1. The quantitative estimate of drug-likeness (QED) is 0.180. The molecule has 0 saturated heterocycles. The number of hydrogen-bond donors (Lipinski definition) is 2. The molecular weight excluding hydrogens is 539 g/mol. The highest BCUT2D eigenvalue weighted by atomic mass is 32.1. The summed E-state index contributed by atoms with van der Waals surface area (Å²) in [7, 11) is 0. The van der Waals surface area contributed by atoms with Crippen molar-refractivity contribution < 1.29 is 18.0 Å². The zero-order valence-corrected chi connectivity index (χ0v) is 23.8. The van der Waals surface area contributed by atoms with Gasteiger partial charge in [0, 0.05) is 17.1 Å². The van der Waals surface area contributed by atoms with Crippen molar-refractivity contribution in [2.45, 2.75) is 78.1 Å². The number of carbonyl (C=O) groups is 1. The molecule has 0 aliphatic rings. The first kappa shape index (κ1) is 29.4. The van der Waals surface area contributed by atoms with E-state index in [1.54, 1.807) is 18.5 Å². The van der Waals surface area contributed by atoms with Crippen LogP contribution in [0.5, 0.6) is 0 Å². The first-order chi connectivity index (χ1) is 19.1. The zero-order valence-electron chi connectivity index (χ0n) is 23.0. The van der Waals surface area contributed by atoms with Gasteiger partial charge >= 0.3 is 6.18 Å². The van der Waals surface area contributed by atoms with Crippen molar-refractivity contribution in [1.29, 1.82) is 0 Å². The molecule has 2 N–H and O–H groups in total. The Labute approximate surface area is 235 Å². The van der Waals surface area contributed by atoms with Crippen LogP contribution in [0.3, 0.4) is 0 Å². The maximum absolute atomic E-state index is 13.1. The van der Waals surface area contributed by atoms with E-state index >= 15 is 0 Å². The van der Waals surface area contributed by atoms with Crippen LogP contribution >= 0.6 is 11.3 Å². The molecule has 0 aliphatic heterocycles. The van der Waals surface area contributed by atoms with Gasteiger partial charge in [0.15, 0.2) is 5.13 Å². The standard InChI is InChI=1S/C28H34F3N7OS/c1-5-18(6-2)8-10-20(7-3)38-16-35-22-14-32-21(12-23(22)38)26(39)36-17(4)24-15-34-27(40-24)37-19-9-11-25(33-13-19)28(29,30)31/h9,11-18,20H,5-8,10H2,1-4H3,(H,34,37)(H,36,39). The molecule has 0 aromatic carbocycles. The van der Waals surface area contributed by atoms with Gasteiger partial charge in [-0.3, -0.25) is 4.79 Å². The lowest BCUT2D eigenvalue weighted by Crippen LogP contribution is -2.27. The second-order valence-corrected chi connectivity index (χ2v) is 10.9. The van der Waals surface area contributed by atoms with Gasteiger partial charge in [-0.1, -0.05) is 44.9 Å². The Morgan fingerprint density at radius 3 is 2.42 bits per heavy atom. The summed E-state index contributed by atoms with van der Waals surface area (Å²) < 4.78 is 40.4. The fraction of sp³-hybridized carbons (Fsp3) is 0.464. The van der Waals surface area contributed by atoms with Crippen LogP contribution in [-0.2, 0) is 6.18 Å². The number of aromatic nitrogens is 5. The number of pyridine rings is 2. The number of anilines is 2. The van der Waals surface area contributed by atoms with Crippen molar-refractivity contribution in [3.63, 3.8) is 0 Å². The predicted molar refractivity (Wildman–Crippen MR) is 151 cm³/mol. The van der Waals surface area contributed by atoms with E-state index in [0.717, 1.165) is 47.4 Å². The average Bonchev–Trinajstić information content (AvgIpc) is 3.58. The zero-order chi connectivity index (χ0) is 28.9. The van der Waals surface area contributed by atoms with Crippen molar-refractivity contribution >= 4 is 39.1 Å². The summed E-state index contributed by atoms with van der Waals surface area (Å²) in [6, 6.07) is 3.93. The maximum atomic E-state index is 13.1. The molecule has 4 heterocycles. The lowest BCUT2D eigenvalue weighted by atomic mass is 9.94. The summed E-state index contributed by atoms with van der Waals surface area (Å²) in [5.41, 5.74) is 1.36. The van der Waals surface area contributed by atoms with E-state index in [4.69, 9.17) is 0 Å². The Balaban J connectivity index is 1.42. The monoisotopic (exact) mass is 573 g/mol. The highest BCUT2D eigenvalue weighted by molar-refractivity contribution is 7.15. The Morgan fingerprint density at radius 1 is 1.00 bits per heavy atom. The van der Waals surface area contributed by atoms with Crippen LogP contribution in [0.1, 0.15) is 92.9 Å². The second-order valence-electron chi connectivity index (χ2n) is 9.85. The summed E-state index contributed by atoms with van der Waals surface area (Å²) in [6.45, 7) is 8.48. The molecule has 214 valence electrons. The van der Waals surface area contributed by atoms with Crippen LogP contribution in [-0.4, -0.2) is 30.4 Å². The van der Waals surface area contributed by atoms with Crippen molar-refractivity contribution in [3.8, 4) is 0 Å². The molecule has 40 heavy (non-hydrogen) atoms. The van der Waals surface area contributed by atoms with Crippen molar-refractivity contribution in [2.24, 2.45) is 5.92 Å². The molecule has 2 unspecified atom stereocenters. The number of nitrogens with one attached hydrogen (secondary N) is 2. The van der Waals surface area contributed by atoms with E-state index < -0.39 is 11.9 Å². The summed E-state index contributed by atoms with van der Waals surface area (Å²) >= 11 is 1.29. The van der Waals surface area contributed by atoms with Crippen LogP contribution in [0.25, 0.3) is 11.0 Å². The van der Waals surface area contributed by atoms with Crippen molar-refractivity contribution in [1.82, 2.24) is 29.8 Å². The molecule has 2 atom stereocenters. The Hall–Kier alpha value is -3.54. The average molecular weight is 574 g/mol. The molecule has 0 aliphatic carbocycles. The first-order valence-corrected chi connectivity index (χ1v) is 14.3. The minimum atomic E-state index is -4.50. The molecule has 0 bridgehead atoms. The highest BCUT2D eigenvalue weighted by Gasteiger charge is 2.32. The van der Waals surface area contributed by atoms with Gasteiger partial charge < -0.3 is 15.2 Å². The molecule has 4 aromatic heterocycles. The fourth-order valence-corrected chi connectivity index (χ4v) is 5.49. The SMILES string of the molecule is CCC(CC)CCC(CC)n1cnc2cnc(C(=O)NC(C)c3cnc(Nc4ccc(C(F)(F)F)nc4)s3)cc21. The van der Waals surface area contributed by atoms with Crippen LogP contribution in [0.15, 0.2) is 43.1 Å². The van der Waals surface area contributed by atoms with Gasteiger partial charge in [0.2, 0.25) is 0 Å². The van der Waals surface area contributed by atoms with E-state index in [1.165, 1.54) is 30.2 Å². The van der Waals surface area contributed by atoms with Gasteiger partial charge in [0.1, 0.15) is 16.9 Å². The van der Waals surface area contributed by atoms with E-state index in [-0.39, 0.29) is 11.9 Å². The number of alkyl halides is 3. The lowest BCUT2D eigenvalue weighted by molar-refractivity contribution is -0.141. The molecule has 1 amide bonds. The molecule has 4 aromatic rings. The lowest BCUT2D eigenvalue weighted by Gasteiger charge is -2.21. The normalized spacial score (nSPS) is 13.5. The number of rotatable bonds is 12. The molecule has 0 fully saturated rings. The van der Waals surface area contributed by atoms with Crippen LogP contribution in [0, 0.1) is 5.92 Å². The molecule has 0 radical (unpaired) electrons. The predicted octanol–water partition coefficient (Wildman–Crippen LogP) is 7.70. The van der Waals surface area contributed by atoms with Crippen molar-refractivity contribution in [3.05, 3.63) is 59.4 Å². The van der Waals surface area contributed by atoms with E-state index in [1.807, 2.05) is 13.3 Å². The van der Waals surface area contributed by atoms with Gasteiger partial charge in [-0.15, -0.1) is 0 Å².